The minimum absolute atomic E-state index is 0.00730. The van der Waals surface area contributed by atoms with Gasteiger partial charge in [0.1, 0.15) is 0 Å². The van der Waals surface area contributed by atoms with Crippen LogP contribution in [0.3, 0.4) is 0 Å². The van der Waals surface area contributed by atoms with Gasteiger partial charge < -0.3 is 10.4 Å². The van der Waals surface area contributed by atoms with Crippen molar-refractivity contribution in [2.45, 2.75) is 32.1 Å². The summed E-state index contributed by atoms with van der Waals surface area (Å²) in [6.45, 7) is 3.62. The number of amides is 1. The van der Waals surface area contributed by atoms with E-state index in [-0.39, 0.29) is 23.6 Å². The summed E-state index contributed by atoms with van der Waals surface area (Å²) >= 11 is 0. The Balaban J connectivity index is 2.08. The van der Waals surface area contributed by atoms with Gasteiger partial charge in [0.2, 0.25) is 0 Å². The summed E-state index contributed by atoms with van der Waals surface area (Å²) in [6, 6.07) is 4.93. The van der Waals surface area contributed by atoms with Crippen LogP contribution in [0.2, 0.25) is 0 Å². The predicted molar refractivity (Wildman–Crippen MR) is 81.9 cm³/mol. The summed E-state index contributed by atoms with van der Waals surface area (Å²) in [7, 11) is 0. The van der Waals surface area contributed by atoms with Crippen molar-refractivity contribution in [3.63, 3.8) is 0 Å². The fourth-order valence-corrected chi connectivity index (χ4v) is 2.48. The molecule has 136 valence electrons. The monoisotopic (exact) mass is 357 g/mol. The van der Waals surface area contributed by atoms with Gasteiger partial charge in [0.05, 0.1) is 5.92 Å². The van der Waals surface area contributed by atoms with Gasteiger partial charge in [-0.3, -0.25) is 9.59 Å². The van der Waals surface area contributed by atoms with Crippen molar-refractivity contribution in [3.8, 4) is 0 Å². The van der Waals surface area contributed by atoms with Crippen molar-refractivity contribution in [2.75, 3.05) is 6.54 Å². The number of benzene rings is 1. The second-order valence-electron chi connectivity index (χ2n) is 6.33. The largest absolute Gasteiger partial charge is 0.481 e. The van der Waals surface area contributed by atoms with Crippen LogP contribution in [0.5, 0.6) is 0 Å². The highest BCUT2D eigenvalue weighted by molar-refractivity contribution is 5.94. The Bertz CT molecular complexity index is 695. The van der Waals surface area contributed by atoms with Crippen LogP contribution < -0.4 is 5.32 Å². The molecule has 1 atom stereocenters. The van der Waals surface area contributed by atoms with E-state index < -0.39 is 29.6 Å². The van der Waals surface area contributed by atoms with Crippen LogP contribution in [0.1, 0.15) is 36.2 Å². The molecule has 0 aliphatic carbocycles. The minimum atomic E-state index is -4.67. The number of hydrogen-bond donors (Lipinski definition) is 2. The van der Waals surface area contributed by atoms with Crippen molar-refractivity contribution in [3.05, 3.63) is 35.4 Å². The zero-order valence-corrected chi connectivity index (χ0v) is 13.7. The Morgan fingerprint density at radius 3 is 2.40 bits per heavy atom. The molecule has 1 aliphatic rings. The van der Waals surface area contributed by atoms with Crippen LogP contribution in [-0.4, -0.2) is 29.7 Å². The summed E-state index contributed by atoms with van der Waals surface area (Å²) in [5.41, 5.74) is -2.85. The lowest BCUT2D eigenvalue weighted by molar-refractivity contribution is -0.166. The van der Waals surface area contributed by atoms with E-state index >= 15 is 0 Å². The average Bonchev–Trinajstić information content (AvgIpc) is 3.32. The molecule has 1 aliphatic heterocycles. The third kappa shape index (κ3) is 4.15. The lowest BCUT2D eigenvalue weighted by Crippen LogP contribution is -2.34. The molecule has 1 amide bonds. The Morgan fingerprint density at radius 1 is 1.28 bits per heavy atom. The first-order valence-corrected chi connectivity index (χ1v) is 7.69. The van der Waals surface area contributed by atoms with Crippen molar-refractivity contribution in [2.24, 2.45) is 22.1 Å². The molecule has 1 aromatic carbocycles. The van der Waals surface area contributed by atoms with Crippen LogP contribution in [0.15, 0.2) is 34.5 Å². The van der Waals surface area contributed by atoms with E-state index in [1.54, 1.807) is 0 Å². The molecule has 0 saturated carbocycles. The maximum Gasteiger partial charge on any atom is 0.442 e. The molecule has 2 N–H and O–H groups in total. The van der Waals surface area contributed by atoms with Gasteiger partial charge in [0.15, 0.2) is 0 Å². The molecule has 0 bridgehead atoms. The van der Waals surface area contributed by atoms with E-state index in [0.717, 1.165) is 6.07 Å². The van der Waals surface area contributed by atoms with Crippen LogP contribution >= 0.6 is 0 Å². The van der Waals surface area contributed by atoms with Crippen molar-refractivity contribution in [1.29, 1.82) is 0 Å². The third-order valence-electron chi connectivity index (χ3n) is 3.84. The SMILES string of the molecule is CC(C)CC(CNC(=O)c1cccc(C2(C(F)(F)F)N=N2)c1)C(=O)O. The topological polar surface area (TPSA) is 91.1 Å². The molecular formula is C16H18F3N3O3. The summed E-state index contributed by atoms with van der Waals surface area (Å²) in [6.07, 6.45) is -4.29. The summed E-state index contributed by atoms with van der Waals surface area (Å²) in [5, 5.41) is 17.8. The van der Waals surface area contributed by atoms with E-state index in [9.17, 15) is 22.8 Å². The van der Waals surface area contributed by atoms with Gasteiger partial charge in [-0.2, -0.15) is 13.2 Å². The van der Waals surface area contributed by atoms with Crippen LogP contribution in [0.25, 0.3) is 0 Å². The summed E-state index contributed by atoms with van der Waals surface area (Å²) in [4.78, 5) is 23.3. The number of carboxylic acid groups (broad SMARTS) is 1. The minimum Gasteiger partial charge on any atom is -0.481 e. The first-order valence-electron chi connectivity index (χ1n) is 7.69. The highest BCUT2D eigenvalue weighted by Gasteiger charge is 2.65. The van der Waals surface area contributed by atoms with Crippen LogP contribution in [-0.2, 0) is 10.5 Å². The standard InChI is InChI=1S/C16H18F3N3O3/c1-9(2)6-11(14(24)25)8-20-13(23)10-4-3-5-12(7-10)15(21-22-15)16(17,18)19/h3-5,7,9,11H,6,8H2,1-2H3,(H,20,23)(H,24,25). The third-order valence-corrected chi connectivity index (χ3v) is 3.84. The normalized spacial score (nSPS) is 16.6. The number of carboxylic acids is 1. The van der Waals surface area contributed by atoms with Gasteiger partial charge in [-0.1, -0.05) is 26.0 Å². The Labute approximate surface area is 142 Å². The first-order chi connectivity index (χ1) is 11.6. The fraction of sp³-hybridized carbons (Fsp3) is 0.500. The van der Waals surface area contributed by atoms with Crippen molar-refractivity contribution in [1.82, 2.24) is 5.32 Å². The Morgan fingerprint density at radius 2 is 1.92 bits per heavy atom. The molecule has 9 heteroatoms. The maximum atomic E-state index is 13.0. The van der Waals surface area contributed by atoms with Crippen molar-refractivity contribution >= 4 is 11.9 Å². The van der Waals surface area contributed by atoms with Gasteiger partial charge >= 0.3 is 17.8 Å². The molecule has 6 nitrogen and oxygen atoms in total. The van der Waals surface area contributed by atoms with Gasteiger partial charge in [0.25, 0.3) is 5.91 Å². The lowest BCUT2D eigenvalue weighted by atomic mass is 9.97. The van der Waals surface area contributed by atoms with E-state index in [1.807, 2.05) is 13.8 Å². The number of carbonyl (C=O) groups is 2. The van der Waals surface area contributed by atoms with E-state index in [4.69, 9.17) is 5.11 Å². The summed E-state index contributed by atoms with van der Waals surface area (Å²) < 4.78 is 39.1. The Kier molecular flexibility index (Phi) is 5.15. The zero-order valence-electron chi connectivity index (χ0n) is 13.7. The molecular weight excluding hydrogens is 339 g/mol. The number of alkyl halides is 3. The number of aliphatic carboxylic acids is 1. The van der Waals surface area contributed by atoms with E-state index in [2.05, 4.69) is 15.5 Å². The molecule has 0 aromatic heterocycles. The fourth-order valence-electron chi connectivity index (χ4n) is 2.48. The molecule has 1 aromatic rings. The second kappa shape index (κ2) is 6.81. The number of carbonyl (C=O) groups excluding carboxylic acids is 1. The number of nitrogens with zero attached hydrogens (tertiary/aromatic N) is 2. The summed E-state index contributed by atoms with van der Waals surface area (Å²) in [5.74, 6) is -2.31. The van der Waals surface area contributed by atoms with E-state index in [1.165, 1.54) is 18.2 Å². The zero-order chi connectivity index (χ0) is 18.8. The maximum absolute atomic E-state index is 13.0. The van der Waals surface area contributed by atoms with Gasteiger partial charge in [-0.15, -0.1) is 10.2 Å². The van der Waals surface area contributed by atoms with Gasteiger partial charge in [-0.05, 0) is 24.5 Å². The molecule has 1 unspecified atom stereocenters. The highest BCUT2D eigenvalue weighted by atomic mass is 19.4. The number of halogens is 3. The first kappa shape index (κ1) is 18.9. The second-order valence-corrected chi connectivity index (χ2v) is 6.33. The van der Waals surface area contributed by atoms with Gasteiger partial charge in [-0.25, -0.2) is 0 Å². The van der Waals surface area contributed by atoms with Gasteiger partial charge in [0, 0.05) is 17.7 Å². The smallest absolute Gasteiger partial charge is 0.442 e. The molecule has 2 rings (SSSR count). The van der Waals surface area contributed by atoms with Crippen molar-refractivity contribution < 1.29 is 27.9 Å². The molecule has 25 heavy (non-hydrogen) atoms. The van der Waals surface area contributed by atoms with Crippen LogP contribution in [0, 0.1) is 11.8 Å². The molecule has 1 heterocycles. The van der Waals surface area contributed by atoms with Crippen LogP contribution in [0.4, 0.5) is 13.2 Å². The molecule has 0 radical (unpaired) electrons. The molecule has 0 spiro atoms. The molecule has 0 saturated heterocycles. The number of nitrogens with one attached hydrogen (secondary N) is 1. The number of hydrogen-bond acceptors (Lipinski definition) is 4. The Hall–Kier alpha value is -2.45. The quantitative estimate of drug-likeness (QED) is 0.784. The number of rotatable bonds is 7. The molecule has 0 fully saturated rings. The lowest BCUT2D eigenvalue weighted by Gasteiger charge is -2.17. The predicted octanol–water partition coefficient (Wildman–Crippen LogP) is 3.34. The van der Waals surface area contributed by atoms with E-state index in [0.29, 0.717) is 6.42 Å². The highest BCUT2D eigenvalue weighted by Crippen LogP contribution is 2.52. The average molecular weight is 357 g/mol.